The normalized spacial score (nSPS) is 23.1. The number of benzene rings is 1. The maximum Gasteiger partial charge on any atom is 0.255 e. The summed E-state index contributed by atoms with van der Waals surface area (Å²) >= 11 is 6.83. The molecule has 2 atom stereocenters. The van der Waals surface area contributed by atoms with Gasteiger partial charge in [-0.3, -0.25) is 29.6 Å². The fraction of sp³-hybridized carbons (Fsp3) is 0.462. The van der Waals surface area contributed by atoms with Crippen LogP contribution in [0.1, 0.15) is 61.0 Å². The van der Waals surface area contributed by atoms with Crippen LogP contribution in [0.15, 0.2) is 30.5 Å². The van der Waals surface area contributed by atoms with E-state index in [1.807, 2.05) is 32.0 Å². The first kappa shape index (κ1) is 23.9. The number of carbonyl (C=O) groups is 3. The number of carbonyl (C=O) groups excluding carboxylic acids is 3. The number of aromatic nitrogens is 1. The average Bonchev–Trinajstić information content (AvgIpc) is 3.40. The van der Waals surface area contributed by atoms with Gasteiger partial charge in [-0.15, -0.1) is 0 Å². The first-order valence-electron chi connectivity index (χ1n) is 12.0. The van der Waals surface area contributed by atoms with Crippen LogP contribution < -0.4 is 5.32 Å². The summed E-state index contributed by atoms with van der Waals surface area (Å²) in [4.78, 5) is 45.1. The molecule has 2 aromatic rings. The molecule has 0 radical (unpaired) electrons. The molecule has 4 heterocycles. The lowest BCUT2D eigenvalue weighted by molar-refractivity contribution is -0.136. The Morgan fingerprint density at radius 2 is 2.00 bits per heavy atom. The van der Waals surface area contributed by atoms with Crippen molar-refractivity contribution in [3.63, 3.8) is 0 Å². The van der Waals surface area contributed by atoms with Gasteiger partial charge in [0.2, 0.25) is 11.8 Å². The Labute approximate surface area is 209 Å². The summed E-state index contributed by atoms with van der Waals surface area (Å²) in [5.41, 5.74) is 2.94. The van der Waals surface area contributed by atoms with Crippen molar-refractivity contribution in [1.82, 2.24) is 20.1 Å². The molecular formula is C26H29ClN4O4. The Morgan fingerprint density at radius 1 is 1.20 bits per heavy atom. The van der Waals surface area contributed by atoms with Crippen LogP contribution in [0.4, 0.5) is 0 Å². The lowest BCUT2D eigenvalue weighted by Crippen LogP contribution is -2.52. The topological polar surface area (TPSA) is 103 Å². The van der Waals surface area contributed by atoms with Crippen molar-refractivity contribution in [3.8, 4) is 11.3 Å². The number of rotatable bonds is 5. The molecule has 3 aliphatic heterocycles. The second-order valence-corrected chi connectivity index (χ2v) is 10.6. The third kappa shape index (κ3) is 4.46. The number of likely N-dealkylation sites (tertiary alicyclic amines) is 1. The van der Waals surface area contributed by atoms with Crippen LogP contribution >= 0.6 is 11.6 Å². The fourth-order valence-electron chi connectivity index (χ4n) is 5.56. The van der Waals surface area contributed by atoms with Gasteiger partial charge in [-0.2, -0.15) is 0 Å². The molecule has 0 aliphatic carbocycles. The zero-order valence-electron chi connectivity index (χ0n) is 19.9. The van der Waals surface area contributed by atoms with Gasteiger partial charge < -0.3 is 10.0 Å². The maximum atomic E-state index is 13.0. The zero-order valence-corrected chi connectivity index (χ0v) is 20.6. The molecule has 35 heavy (non-hydrogen) atoms. The largest absolute Gasteiger partial charge is 0.389 e. The van der Waals surface area contributed by atoms with E-state index < -0.39 is 17.6 Å². The van der Waals surface area contributed by atoms with Crippen LogP contribution in [0.25, 0.3) is 11.3 Å². The van der Waals surface area contributed by atoms with Crippen molar-refractivity contribution in [2.45, 2.75) is 70.3 Å². The zero-order chi connectivity index (χ0) is 24.9. The molecule has 2 fully saturated rings. The van der Waals surface area contributed by atoms with Gasteiger partial charge in [0, 0.05) is 42.9 Å². The van der Waals surface area contributed by atoms with Gasteiger partial charge in [-0.05, 0) is 69.0 Å². The molecule has 184 valence electrons. The number of pyridine rings is 1. The lowest BCUT2D eigenvalue weighted by Gasteiger charge is -2.34. The number of hydrogen-bond donors (Lipinski definition) is 2. The number of halogens is 1. The van der Waals surface area contributed by atoms with Crippen LogP contribution in [0, 0.1) is 0 Å². The monoisotopic (exact) mass is 496 g/mol. The van der Waals surface area contributed by atoms with E-state index in [1.54, 1.807) is 12.3 Å². The first-order valence-corrected chi connectivity index (χ1v) is 12.4. The van der Waals surface area contributed by atoms with E-state index in [4.69, 9.17) is 11.6 Å². The van der Waals surface area contributed by atoms with Gasteiger partial charge in [0.25, 0.3) is 5.91 Å². The Hall–Kier alpha value is -2.81. The van der Waals surface area contributed by atoms with E-state index in [0.717, 1.165) is 36.1 Å². The van der Waals surface area contributed by atoms with E-state index in [9.17, 15) is 19.5 Å². The molecule has 2 N–H and O–H groups in total. The van der Waals surface area contributed by atoms with Gasteiger partial charge in [-0.1, -0.05) is 17.7 Å². The van der Waals surface area contributed by atoms with E-state index in [1.165, 1.54) is 4.90 Å². The van der Waals surface area contributed by atoms with Gasteiger partial charge in [-0.25, -0.2) is 0 Å². The molecule has 2 unspecified atom stereocenters. The number of piperidine rings is 1. The molecule has 2 saturated heterocycles. The third-order valence-corrected chi connectivity index (χ3v) is 7.74. The number of amides is 3. The third-order valence-electron chi connectivity index (χ3n) is 7.32. The Kier molecular flexibility index (Phi) is 6.15. The standard InChI is InChI=1S/C26H29ClN4O4/c1-26(2,35)20-4-3-11-30(20)13-16-9-10-28-23(22(16)27)15-5-6-18-17(12-15)14-31(25(18)34)19-7-8-21(32)29-24(19)33/h5-6,9-10,12,19-20,35H,3-4,7-8,11,13-14H2,1-2H3,(H,29,32,33). The highest BCUT2D eigenvalue weighted by atomic mass is 35.5. The van der Waals surface area contributed by atoms with Gasteiger partial charge in [0.15, 0.2) is 0 Å². The molecule has 3 amide bonds. The minimum absolute atomic E-state index is 0.0689. The van der Waals surface area contributed by atoms with Crippen LogP contribution in [0.5, 0.6) is 0 Å². The molecule has 3 aliphatic rings. The first-order chi connectivity index (χ1) is 16.6. The van der Waals surface area contributed by atoms with Crippen LogP contribution in [-0.2, 0) is 22.7 Å². The molecule has 1 aromatic heterocycles. The van der Waals surface area contributed by atoms with E-state index in [-0.39, 0.29) is 24.3 Å². The summed E-state index contributed by atoms with van der Waals surface area (Å²) in [5.74, 6) is -0.937. The summed E-state index contributed by atoms with van der Waals surface area (Å²) in [6.07, 6.45) is 4.27. The van der Waals surface area contributed by atoms with Crippen molar-refractivity contribution < 1.29 is 19.5 Å². The Bertz CT molecular complexity index is 1210. The van der Waals surface area contributed by atoms with Crippen molar-refractivity contribution in [2.75, 3.05) is 6.54 Å². The molecule has 5 rings (SSSR count). The average molecular weight is 497 g/mol. The minimum Gasteiger partial charge on any atom is -0.389 e. The second kappa shape index (κ2) is 9.00. The molecular weight excluding hydrogens is 468 g/mol. The van der Waals surface area contributed by atoms with E-state index >= 15 is 0 Å². The molecule has 9 heteroatoms. The van der Waals surface area contributed by atoms with Crippen molar-refractivity contribution in [3.05, 3.63) is 52.2 Å². The molecule has 1 aromatic carbocycles. The van der Waals surface area contributed by atoms with E-state index in [0.29, 0.717) is 35.8 Å². The summed E-state index contributed by atoms with van der Waals surface area (Å²) < 4.78 is 0. The van der Waals surface area contributed by atoms with Crippen LogP contribution in [0.3, 0.4) is 0 Å². The molecule has 0 spiro atoms. The predicted molar refractivity (Wildman–Crippen MR) is 130 cm³/mol. The highest BCUT2D eigenvalue weighted by Crippen LogP contribution is 2.36. The Morgan fingerprint density at radius 3 is 2.74 bits per heavy atom. The molecule has 8 nitrogen and oxygen atoms in total. The summed E-state index contributed by atoms with van der Waals surface area (Å²) in [6.45, 7) is 5.52. The van der Waals surface area contributed by atoms with Crippen molar-refractivity contribution >= 4 is 29.3 Å². The van der Waals surface area contributed by atoms with Crippen LogP contribution in [0.2, 0.25) is 5.02 Å². The predicted octanol–water partition coefficient (Wildman–Crippen LogP) is 2.90. The van der Waals surface area contributed by atoms with Gasteiger partial charge in [0.05, 0.1) is 16.3 Å². The van der Waals surface area contributed by atoms with Crippen molar-refractivity contribution in [2.24, 2.45) is 0 Å². The number of imide groups is 1. The van der Waals surface area contributed by atoms with Gasteiger partial charge >= 0.3 is 0 Å². The number of nitrogens with zero attached hydrogens (tertiary/aromatic N) is 3. The van der Waals surface area contributed by atoms with Gasteiger partial charge in [0.1, 0.15) is 6.04 Å². The summed E-state index contributed by atoms with van der Waals surface area (Å²) in [5, 5.41) is 13.4. The minimum atomic E-state index is -0.792. The van der Waals surface area contributed by atoms with Crippen LogP contribution in [-0.4, -0.2) is 61.8 Å². The Balaban J connectivity index is 1.39. The number of hydrogen-bond acceptors (Lipinski definition) is 6. The quantitative estimate of drug-likeness (QED) is 0.617. The number of aliphatic hydroxyl groups is 1. The summed E-state index contributed by atoms with van der Waals surface area (Å²) in [7, 11) is 0. The molecule has 0 saturated carbocycles. The smallest absolute Gasteiger partial charge is 0.255 e. The van der Waals surface area contributed by atoms with Crippen molar-refractivity contribution in [1.29, 1.82) is 0 Å². The lowest BCUT2D eigenvalue weighted by atomic mass is 9.96. The SMILES string of the molecule is CC(C)(O)C1CCCN1Cc1ccnc(-c2ccc3c(c2)CN(C2CCC(=O)NC2=O)C3=O)c1Cl. The highest BCUT2D eigenvalue weighted by molar-refractivity contribution is 6.33. The molecule has 0 bridgehead atoms. The summed E-state index contributed by atoms with van der Waals surface area (Å²) in [6, 6.07) is 6.83. The fourth-order valence-corrected chi connectivity index (χ4v) is 5.84. The maximum absolute atomic E-state index is 13.0. The highest BCUT2D eigenvalue weighted by Gasteiger charge is 2.39. The second-order valence-electron chi connectivity index (χ2n) is 10.2. The van der Waals surface area contributed by atoms with E-state index in [2.05, 4.69) is 15.2 Å². The number of nitrogens with one attached hydrogen (secondary N) is 1. The number of fused-ring (bicyclic) bond motifs is 1.